The van der Waals surface area contributed by atoms with Gasteiger partial charge in [0, 0.05) is 24.5 Å². The van der Waals surface area contributed by atoms with Crippen molar-refractivity contribution in [3.63, 3.8) is 0 Å². The number of hydrogen-bond donors (Lipinski definition) is 0. The van der Waals surface area contributed by atoms with Gasteiger partial charge in [-0.1, -0.05) is 25.9 Å². The van der Waals surface area contributed by atoms with Crippen LogP contribution in [-0.2, 0) is 12.0 Å². The van der Waals surface area contributed by atoms with Gasteiger partial charge in [-0.15, -0.1) is 0 Å². The Hall–Kier alpha value is -1.78. The van der Waals surface area contributed by atoms with Gasteiger partial charge in [0.2, 0.25) is 5.88 Å². The third-order valence-electron chi connectivity index (χ3n) is 2.77. The smallest absolute Gasteiger partial charge is 0.335 e. The third kappa shape index (κ3) is 1.92. The summed E-state index contributed by atoms with van der Waals surface area (Å²) in [6.07, 6.45) is 5.13. The maximum absolute atomic E-state index is 12.0. The van der Waals surface area contributed by atoms with E-state index in [2.05, 4.69) is 25.9 Å². The van der Waals surface area contributed by atoms with Crippen molar-refractivity contribution in [3.05, 3.63) is 34.6 Å². The van der Waals surface area contributed by atoms with Crippen molar-refractivity contribution in [2.24, 2.45) is 0 Å². The fraction of sp³-hybridized carbons (Fsp3) is 0.500. The standard InChI is InChI=1S/C12H17N3O2/c1-5-14-6-7-15(11(14)16)10-9(8-13-17-10)12(2,3)4/h6-8H,5H2,1-4H3. The molecular formula is C12H17N3O2. The second kappa shape index (κ2) is 3.91. The van der Waals surface area contributed by atoms with Gasteiger partial charge in [0.25, 0.3) is 0 Å². The van der Waals surface area contributed by atoms with Crippen LogP contribution in [0.1, 0.15) is 33.3 Å². The highest BCUT2D eigenvalue weighted by molar-refractivity contribution is 5.34. The molecule has 0 bridgehead atoms. The minimum atomic E-state index is -0.108. The van der Waals surface area contributed by atoms with Crippen LogP contribution in [0.3, 0.4) is 0 Å². The van der Waals surface area contributed by atoms with Crippen LogP contribution in [-0.4, -0.2) is 14.3 Å². The van der Waals surface area contributed by atoms with Crippen LogP contribution in [0.2, 0.25) is 0 Å². The van der Waals surface area contributed by atoms with Gasteiger partial charge >= 0.3 is 5.69 Å². The van der Waals surface area contributed by atoms with E-state index in [1.54, 1.807) is 23.2 Å². The molecule has 0 aliphatic heterocycles. The van der Waals surface area contributed by atoms with Crippen LogP contribution < -0.4 is 5.69 Å². The van der Waals surface area contributed by atoms with Gasteiger partial charge < -0.3 is 4.52 Å². The molecule has 0 radical (unpaired) electrons. The summed E-state index contributed by atoms with van der Waals surface area (Å²) in [5, 5.41) is 3.80. The van der Waals surface area contributed by atoms with E-state index in [0.29, 0.717) is 12.4 Å². The highest BCUT2D eigenvalue weighted by Gasteiger charge is 2.24. The van der Waals surface area contributed by atoms with E-state index in [4.69, 9.17) is 4.52 Å². The molecule has 0 aromatic carbocycles. The van der Waals surface area contributed by atoms with Gasteiger partial charge in [-0.05, 0) is 12.3 Å². The zero-order chi connectivity index (χ0) is 12.6. The number of hydrogen-bond acceptors (Lipinski definition) is 3. The minimum Gasteiger partial charge on any atom is -0.337 e. The fourth-order valence-electron chi connectivity index (χ4n) is 1.73. The van der Waals surface area contributed by atoms with Crippen LogP contribution >= 0.6 is 0 Å². The monoisotopic (exact) mass is 235 g/mol. The average Bonchev–Trinajstić information content (AvgIpc) is 2.82. The zero-order valence-corrected chi connectivity index (χ0v) is 10.6. The molecule has 17 heavy (non-hydrogen) atoms. The lowest BCUT2D eigenvalue weighted by molar-refractivity contribution is 0.398. The highest BCUT2D eigenvalue weighted by Crippen LogP contribution is 2.27. The highest BCUT2D eigenvalue weighted by atomic mass is 16.5. The molecule has 92 valence electrons. The summed E-state index contributed by atoms with van der Waals surface area (Å²) in [6, 6.07) is 0. The number of nitrogens with zero attached hydrogens (tertiary/aromatic N) is 3. The summed E-state index contributed by atoms with van der Waals surface area (Å²) in [4.78, 5) is 12.0. The molecule has 0 atom stereocenters. The molecule has 2 heterocycles. The summed E-state index contributed by atoms with van der Waals surface area (Å²) < 4.78 is 8.33. The van der Waals surface area contributed by atoms with Gasteiger partial charge in [0.05, 0.1) is 6.20 Å². The van der Waals surface area contributed by atoms with Crippen molar-refractivity contribution in [2.75, 3.05) is 0 Å². The summed E-state index contributed by atoms with van der Waals surface area (Å²) >= 11 is 0. The fourth-order valence-corrected chi connectivity index (χ4v) is 1.73. The van der Waals surface area contributed by atoms with E-state index in [1.807, 2.05) is 6.92 Å². The van der Waals surface area contributed by atoms with Crippen LogP contribution in [0, 0.1) is 0 Å². The molecule has 2 aromatic heterocycles. The molecule has 2 aromatic rings. The number of rotatable bonds is 2. The van der Waals surface area contributed by atoms with Crippen LogP contribution in [0.15, 0.2) is 27.9 Å². The molecule has 0 saturated heterocycles. The summed E-state index contributed by atoms with van der Waals surface area (Å²) in [7, 11) is 0. The van der Waals surface area contributed by atoms with Gasteiger partial charge in [0.15, 0.2) is 0 Å². The van der Waals surface area contributed by atoms with Gasteiger partial charge in [-0.3, -0.25) is 4.57 Å². The minimum absolute atomic E-state index is 0.102. The Morgan fingerprint density at radius 2 is 2.06 bits per heavy atom. The SMILES string of the molecule is CCn1ccn(-c2oncc2C(C)(C)C)c1=O. The number of imidazole rings is 1. The molecule has 0 N–H and O–H groups in total. The molecule has 2 rings (SSSR count). The van der Waals surface area contributed by atoms with E-state index in [-0.39, 0.29) is 11.1 Å². The lowest BCUT2D eigenvalue weighted by atomic mass is 9.89. The quantitative estimate of drug-likeness (QED) is 0.799. The predicted octanol–water partition coefficient (Wildman–Crippen LogP) is 1.94. The molecule has 0 aliphatic carbocycles. The molecule has 0 unspecified atom stereocenters. The lowest BCUT2D eigenvalue weighted by Gasteiger charge is -2.16. The molecule has 5 heteroatoms. The normalized spacial score (nSPS) is 12.0. The Labute approximate surface area is 99.7 Å². The Morgan fingerprint density at radius 1 is 1.35 bits per heavy atom. The molecule has 0 amide bonds. The molecular weight excluding hydrogens is 218 g/mol. The number of aromatic nitrogens is 3. The first-order valence-electron chi connectivity index (χ1n) is 5.68. The van der Waals surface area contributed by atoms with Crippen molar-refractivity contribution in [3.8, 4) is 5.88 Å². The second-order valence-electron chi connectivity index (χ2n) is 5.03. The van der Waals surface area contributed by atoms with E-state index >= 15 is 0 Å². The maximum atomic E-state index is 12.0. The first-order valence-corrected chi connectivity index (χ1v) is 5.68. The third-order valence-corrected chi connectivity index (χ3v) is 2.77. The van der Waals surface area contributed by atoms with Gasteiger partial charge in [0.1, 0.15) is 0 Å². The Bertz CT molecular complexity index is 569. The number of aryl methyl sites for hydroxylation is 1. The van der Waals surface area contributed by atoms with Gasteiger partial charge in [-0.25, -0.2) is 9.36 Å². The van der Waals surface area contributed by atoms with Crippen molar-refractivity contribution < 1.29 is 4.52 Å². The van der Waals surface area contributed by atoms with E-state index in [0.717, 1.165) is 5.56 Å². The summed E-state index contributed by atoms with van der Waals surface area (Å²) in [5.41, 5.74) is 0.714. The van der Waals surface area contributed by atoms with E-state index in [1.165, 1.54) is 4.57 Å². The van der Waals surface area contributed by atoms with Crippen molar-refractivity contribution in [2.45, 2.75) is 39.7 Å². The average molecular weight is 235 g/mol. The van der Waals surface area contributed by atoms with Crippen LogP contribution in [0.5, 0.6) is 0 Å². The second-order valence-corrected chi connectivity index (χ2v) is 5.03. The summed E-state index contributed by atoms with van der Waals surface area (Å²) in [6.45, 7) is 8.75. The Balaban J connectivity index is 2.58. The van der Waals surface area contributed by atoms with Crippen molar-refractivity contribution in [1.82, 2.24) is 14.3 Å². The maximum Gasteiger partial charge on any atom is 0.335 e. The predicted molar refractivity (Wildman–Crippen MR) is 64.5 cm³/mol. The lowest BCUT2D eigenvalue weighted by Crippen LogP contribution is -2.24. The van der Waals surface area contributed by atoms with Crippen LogP contribution in [0.4, 0.5) is 0 Å². The van der Waals surface area contributed by atoms with Crippen molar-refractivity contribution >= 4 is 0 Å². The van der Waals surface area contributed by atoms with Crippen LogP contribution in [0.25, 0.3) is 5.88 Å². The first-order chi connectivity index (χ1) is 7.95. The van der Waals surface area contributed by atoms with E-state index in [9.17, 15) is 4.79 Å². The first kappa shape index (κ1) is 11.7. The molecule has 0 saturated carbocycles. The Morgan fingerprint density at radius 3 is 2.59 bits per heavy atom. The zero-order valence-electron chi connectivity index (χ0n) is 10.6. The molecule has 0 aliphatic rings. The summed E-state index contributed by atoms with van der Waals surface area (Å²) in [5.74, 6) is 0.509. The Kier molecular flexibility index (Phi) is 2.69. The molecule has 0 fully saturated rings. The van der Waals surface area contributed by atoms with E-state index < -0.39 is 0 Å². The largest absolute Gasteiger partial charge is 0.337 e. The molecule has 5 nitrogen and oxygen atoms in total. The van der Waals surface area contributed by atoms with Gasteiger partial charge in [-0.2, -0.15) is 0 Å². The molecule has 0 spiro atoms. The topological polar surface area (TPSA) is 53.0 Å². The van der Waals surface area contributed by atoms with Crippen molar-refractivity contribution in [1.29, 1.82) is 0 Å².